The van der Waals surface area contributed by atoms with Crippen molar-refractivity contribution in [3.05, 3.63) is 18.0 Å². The molecule has 1 amide bonds. The fourth-order valence-electron chi connectivity index (χ4n) is 1.14. The topological polar surface area (TPSA) is 132 Å². The molecule has 0 radical (unpaired) electrons. The summed E-state index contributed by atoms with van der Waals surface area (Å²) in [5.74, 6) is -3.01. The fourth-order valence-corrected chi connectivity index (χ4v) is 1.14. The molecule has 4 N–H and O–H groups in total. The third-order valence-electron chi connectivity index (χ3n) is 2.01. The highest BCUT2D eigenvalue weighted by Gasteiger charge is 2.21. The van der Waals surface area contributed by atoms with Crippen molar-refractivity contribution in [2.45, 2.75) is 18.9 Å². The summed E-state index contributed by atoms with van der Waals surface area (Å²) < 4.78 is 0. The minimum Gasteiger partial charge on any atom is -0.481 e. The maximum absolute atomic E-state index is 11.5. The van der Waals surface area contributed by atoms with Gasteiger partial charge in [0, 0.05) is 12.6 Å². The average molecular weight is 241 g/mol. The van der Waals surface area contributed by atoms with E-state index in [9.17, 15) is 14.4 Å². The molecule has 17 heavy (non-hydrogen) atoms. The molecule has 0 aliphatic heterocycles. The summed E-state index contributed by atoms with van der Waals surface area (Å²) in [5, 5.41) is 25.4. The summed E-state index contributed by atoms with van der Waals surface area (Å²) in [5.41, 5.74) is 0.187. The maximum atomic E-state index is 11.5. The van der Waals surface area contributed by atoms with Crippen LogP contribution in [0.2, 0.25) is 0 Å². The lowest BCUT2D eigenvalue weighted by Crippen LogP contribution is -2.41. The molecule has 0 unspecified atom stereocenters. The van der Waals surface area contributed by atoms with Crippen LogP contribution in [0.3, 0.4) is 0 Å². The van der Waals surface area contributed by atoms with E-state index in [1.165, 1.54) is 12.4 Å². The van der Waals surface area contributed by atoms with Crippen molar-refractivity contribution in [1.82, 2.24) is 15.5 Å². The van der Waals surface area contributed by atoms with E-state index >= 15 is 0 Å². The van der Waals surface area contributed by atoms with Crippen LogP contribution >= 0.6 is 0 Å². The van der Waals surface area contributed by atoms with E-state index in [2.05, 4.69) is 15.5 Å². The summed E-state index contributed by atoms with van der Waals surface area (Å²) in [4.78, 5) is 32.6. The predicted octanol–water partition coefficient (Wildman–Crippen LogP) is -0.542. The number of carbonyl (C=O) groups excluding carboxylic acids is 1. The zero-order valence-corrected chi connectivity index (χ0v) is 8.71. The molecule has 8 heteroatoms. The lowest BCUT2D eigenvalue weighted by molar-refractivity contribution is -0.140. The zero-order valence-electron chi connectivity index (χ0n) is 8.71. The summed E-state index contributed by atoms with van der Waals surface area (Å²) in [7, 11) is 0. The lowest BCUT2D eigenvalue weighted by Gasteiger charge is -2.12. The van der Waals surface area contributed by atoms with Crippen LogP contribution in [0.4, 0.5) is 0 Å². The highest BCUT2D eigenvalue weighted by atomic mass is 16.4. The number of H-pyrrole nitrogens is 1. The minimum absolute atomic E-state index is 0.172. The molecule has 1 aromatic rings. The van der Waals surface area contributed by atoms with Crippen LogP contribution in [-0.4, -0.2) is 44.3 Å². The van der Waals surface area contributed by atoms with E-state index in [1.807, 2.05) is 0 Å². The number of nitrogens with zero attached hydrogens (tertiary/aromatic N) is 1. The minimum atomic E-state index is -1.27. The van der Waals surface area contributed by atoms with Gasteiger partial charge in [-0.25, -0.2) is 4.79 Å². The monoisotopic (exact) mass is 241 g/mol. The number of amides is 1. The van der Waals surface area contributed by atoms with Crippen molar-refractivity contribution in [2.75, 3.05) is 0 Å². The molecule has 0 spiro atoms. The zero-order chi connectivity index (χ0) is 12.8. The van der Waals surface area contributed by atoms with E-state index in [-0.39, 0.29) is 18.4 Å². The highest BCUT2D eigenvalue weighted by Crippen LogP contribution is 2.01. The smallest absolute Gasteiger partial charge is 0.326 e. The van der Waals surface area contributed by atoms with Gasteiger partial charge in [0.2, 0.25) is 0 Å². The quantitative estimate of drug-likeness (QED) is 0.528. The molecule has 1 atom stereocenters. The van der Waals surface area contributed by atoms with Crippen molar-refractivity contribution in [3.63, 3.8) is 0 Å². The fraction of sp³-hybridized carbons (Fsp3) is 0.333. The third-order valence-corrected chi connectivity index (χ3v) is 2.01. The molecule has 0 saturated carbocycles. The van der Waals surface area contributed by atoms with E-state index in [4.69, 9.17) is 10.2 Å². The molecule has 1 rings (SSSR count). The van der Waals surface area contributed by atoms with Crippen molar-refractivity contribution < 1.29 is 24.6 Å². The largest absolute Gasteiger partial charge is 0.481 e. The van der Waals surface area contributed by atoms with Crippen molar-refractivity contribution >= 4 is 17.8 Å². The number of aromatic nitrogens is 2. The molecule has 0 saturated heterocycles. The Morgan fingerprint density at radius 1 is 1.41 bits per heavy atom. The normalized spacial score (nSPS) is 11.8. The maximum Gasteiger partial charge on any atom is 0.326 e. The standard InChI is InChI=1S/C9H11N3O5/c13-7(14)2-1-6(9(16)17)12-8(15)5-3-10-11-4-5/h3-4,6H,1-2H2,(H,10,11)(H,12,15)(H,13,14)(H,16,17)/t6-/m0/s1. The molecular weight excluding hydrogens is 230 g/mol. The van der Waals surface area contributed by atoms with Gasteiger partial charge in [-0.15, -0.1) is 0 Å². The Hall–Kier alpha value is -2.38. The van der Waals surface area contributed by atoms with Crippen molar-refractivity contribution in [2.24, 2.45) is 0 Å². The van der Waals surface area contributed by atoms with Crippen LogP contribution in [0, 0.1) is 0 Å². The van der Waals surface area contributed by atoms with Gasteiger partial charge in [0.25, 0.3) is 5.91 Å². The van der Waals surface area contributed by atoms with Crippen molar-refractivity contribution in [3.8, 4) is 0 Å². The average Bonchev–Trinajstić information content (AvgIpc) is 2.76. The second-order valence-electron chi connectivity index (χ2n) is 3.28. The first kappa shape index (κ1) is 12.7. The Bertz CT molecular complexity index is 414. The molecule has 0 bridgehead atoms. The van der Waals surface area contributed by atoms with E-state index in [1.54, 1.807) is 0 Å². The Kier molecular flexibility index (Phi) is 4.21. The summed E-state index contributed by atoms with van der Waals surface area (Å²) in [6, 6.07) is -1.23. The number of carboxylic acid groups (broad SMARTS) is 2. The van der Waals surface area contributed by atoms with Crippen molar-refractivity contribution in [1.29, 1.82) is 0 Å². The van der Waals surface area contributed by atoms with Gasteiger partial charge < -0.3 is 15.5 Å². The first-order valence-corrected chi connectivity index (χ1v) is 4.75. The number of hydrogen-bond acceptors (Lipinski definition) is 4. The summed E-state index contributed by atoms with van der Waals surface area (Å²) in [6.07, 6.45) is 2.05. The second kappa shape index (κ2) is 5.64. The van der Waals surface area contributed by atoms with Crippen LogP contribution in [0.25, 0.3) is 0 Å². The Labute approximate surface area is 95.6 Å². The summed E-state index contributed by atoms with van der Waals surface area (Å²) in [6.45, 7) is 0. The van der Waals surface area contributed by atoms with Crippen LogP contribution < -0.4 is 5.32 Å². The van der Waals surface area contributed by atoms with Crippen LogP contribution in [0.5, 0.6) is 0 Å². The van der Waals surface area contributed by atoms with Gasteiger partial charge in [-0.05, 0) is 6.42 Å². The number of carboxylic acids is 2. The van der Waals surface area contributed by atoms with Gasteiger partial charge in [0.1, 0.15) is 6.04 Å². The van der Waals surface area contributed by atoms with Crippen LogP contribution in [0.15, 0.2) is 12.4 Å². The lowest BCUT2D eigenvalue weighted by atomic mass is 10.1. The van der Waals surface area contributed by atoms with Crippen LogP contribution in [-0.2, 0) is 9.59 Å². The Morgan fingerprint density at radius 2 is 2.12 bits per heavy atom. The Balaban J connectivity index is 2.58. The molecule has 0 aliphatic rings. The van der Waals surface area contributed by atoms with Gasteiger partial charge in [0.05, 0.1) is 11.8 Å². The first-order valence-electron chi connectivity index (χ1n) is 4.75. The summed E-state index contributed by atoms with van der Waals surface area (Å²) >= 11 is 0. The molecule has 1 heterocycles. The number of aliphatic carboxylic acids is 2. The number of rotatable bonds is 6. The third kappa shape index (κ3) is 3.93. The van der Waals surface area contributed by atoms with Gasteiger partial charge in [0.15, 0.2) is 0 Å². The van der Waals surface area contributed by atoms with Gasteiger partial charge in [-0.2, -0.15) is 5.10 Å². The molecule has 0 aromatic carbocycles. The molecule has 1 aromatic heterocycles. The predicted molar refractivity (Wildman–Crippen MR) is 54.3 cm³/mol. The molecule has 0 aliphatic carbocycles. The number of hydrogen-bond donors (Lipinski definition) is 4. The second-order valence-corrected chi connectivity index (χ2v) is 3.28. The highest BCUT2D eigenvalue weighted by molar-refractivity contribution is 5.96. The number of carbonyl (C=O) groups is 3. The van der Waals surface area contributed by atoms with E-state index in [0.717, 1.165) is 0 Å². The van der Waals surface area contributed by atoms with E-state index < -0.39 is 23.9 Å². The number of aromatic amines is 1. The van der Waals surface area contributed by atoms with E-state index in [0.29, 0.717) is 0 Å². The van der Waals surface area contributed by atoms with Gasteiger partial charge in [-0.1, -0.05) is 0 Å². The molecule has 92 valence electrons. The van der Waals surface area contributed by atoms with Gasteiger partial charge >= 0.3 is 11.9 Å². The molecule has 0 fully saturated rings. The number of nitrogens with one attached hydrogen (secondary N) is 2. The van der Waals surface area contributed by atoms with Crippen LogP contribution in [0.1, 0.15) is 23.2 Å². The first-order chi connectivity index (χ1) is 8.00. The van der Waals surface area contributed by atoms with Gasteiger partial charge in [-0.3, -0.25) is 14.7 Å². The Morgan fingerprint density at radius 3 is 2.59 bits per heavy atom. The SMILES string of the molecule is O=C(O)CC[C@H](NC(=O)c1cn[nH]c1)C(=O)O. The molecular formula is C9H11N3O5. The molecule has 8 nitrogen and oxygen atoms in total.